The molecule has 14 heavy (non-hydrogen) atoms. The molecule has 0 amide bonds. The van der Waals surface area contributed by atoms with Crippen LogP contribution >= 0.6 is 11.6 Å². The molecule has 0 aliphatic carbocycles. The van der Waals surface area contributed by atoms with Crippen LogP contribution in [0.3, 0.4) is 0 Å². The van der Waals surface area contributed by atoms with Crippen LogP contribution in [-0.4, -0.2) is 41.1 Å². The Bertz CT molecular complexity index is 152. The van der Waals surface area contributed by atoms with Crippen molar-refractivity contribution in [2.75, 3.05) is 19.0 Å². The minimum atomic E-state index is -0.353. The summed E-state index contributed by atoms with van der Waals surface area (Å²) in [5.41, 5.74) is 0. The van der Waals surface area contributed by atoms with Gasteiger partial charge in [-0.3, -0.25) is 4.90 Å². The molecule has 0 radical (unpaired) electrons. The maximum absolute atomic E-state index is 9.52. The van der Waals surface area contributed by atoms with E-state index in [4.69, 9.17) is 11.6 Å². The van der Waals surface area contributed by atoms with Crippen LogP contribution in [0.2, 0.25) is 0 Å². The zero-order valence-corrected chi connectivity index (χ0v) is 9.84. The van der Waals surface area contributed by atoms with Crippen LogP contribution in [0.15, 0.2) is 0 Å². The number of nitrogens with zero attached hydrogens (tertiary/aromatic N) is 1. The van der Waals surface area contributed by atoms with Gasteiger partial charge in [-0.2, -0.15) is 0 Å². The molecule has 1 aliphatic rings. The summed E-state index contributed by atoms with van der Waals surface area (Å²) in [5, 5.41) is 9.52. The van der Waals surface area contributed by atoms with Gasteiger partial charge in [0, 0.05) is 18.5 Å². The van der Waals surface area contributed by atoms with Crippen LogP contribution in [0.25, 0.3) is 0 Å². The minimum Gasteiger partial charge on any atom is -0.391 e. The highest BCUT2D eigenvalue weighted by Crippen LogP contribution is 2.20. The number of hydrogen-bond acceptors (Lipinski definition) is 2. The number of halogens is 1. The summed E-state index contributed by atoms with van der Waals surface area (Å²) in [6.07, 6.45) is 6.05. The van der Waals surface area contributed by atoms with E-state index >= 15 is 0 Å². The first-order chi connectivity index (χ1) is 6.77. The topological polar surface area (TPSA) is 23.5 Å². The number of piperidine rings is 1. The number of aliphatic hydroxyl groups is 1. The Morgan fingerprint density at radius 2 is 2.29 bits per heavy atom. The fraction of sp³-hybridized carbons (Fsp3) is 1.00. The van der Waals surface area contributed by atoms with Crippen molar-refractivity contribution in [2.45, 2.75) is 51.2 Å². The summed E-state index contributed by atoms with van der Waals surface area (Å²) in [7, 11) is 0. The van der Waals surface area contributed by atoms with Gasteiger partial charge in [0.15, 0.2) is 0 Å². The molecule has 1 heterocycles. The first kappa shape index (κ1) is 12.3. The third kappa shape index (κ3) is 3.76. The third-order valence-corrected chi connectivity index (χ3v) is 3.35. The first-order valence-electron chi connectivity index (χ1n) is 5.76. The molecule has 0 spiro atoms. The standard InChI is InChI=1S/C11H22ClNO/c1-2-5-10-6-3-4-7-13(10)9-11(14)8-12/h10-11,14H,2-9H2,1H3. The molecular formula is C11H22ClNO. The molecule has 0 aromatic heterocycles. The maximum Gasteiger partial charge on any atom is 0.0802 e. The molecule has 1 aliphatic heterocycles. The summed E-state index contributed by atoms with van der Waals surface area (Å²) >= 11 is 5.62. The summed E-state index contributed by atoms with van der Waals surface area (Å²) in [5.74, 6) is 0.356. The highest BCUT2D eigenvalue weighted by molar-refractivity contribution is 6.18. The monoisotopic (exact) mass is 219 g/mol. The van der Waals surface area contributed by atoms with E-state index in [1.807, 2.05) is 0 Å². The Labute approximate surface area is 92.2 Å². The van der Waals surface area contributed by atoms with Gasteiger partial charge in [0.2, 0.25) is 0 Å². The molecule has 1 N–H and O–H groups in total. The molecule has 0 saturated carbocycles. The van der Waals surface area contributed by atoms with Crippen LogP contribution in [0, 0.1) is 0 Å². The molecule has 0 aromatic rings. The lowest BCUT2D eigenvalue weighted by molar-refractivity contribution is 0.0741. The smallest absolute Gasteiger partial charge is 0.0802 e. The van der Waals surface area contributed by atoms with Crippen LogP contribution in [0.1, 0.15) is 39.0 Å². The minimum absolute atomic E-state index is 0.353. The molecule has 3 heteroatoms. The van der Waals surface area contributed by atoms with Gasteiger partial charge < -0.3 is 5.11 Å². The molecule has 1 rings (SSSR count). The lowest BCUT2D eigenvalue weighted by Crippen LogP contribution is -2.44. The van der Waals surface area contributed by atoms with Crippen LogP contribution in [0.5, 0.6) is 0 Å². The largest absolute Gasteiger partial charge is 0.391 e. The van der Waals surface area contributed by atoms with Gasteiger partial charge in [0.25, 0.3) is 0 Å². The Morgan fingerprint density at radius 3 is 2.93 bits per heavy atom. The Hall–Kier alpha value is 0.210. The van der Waals surface area contributed by atoms with Crippen molar-refractivity contribution in [3.8, 4) is 0 Å². The molecule has 1 fully saturated rings. The summed E-state index contributed by atoms with van der Waals surface area (Å²) in [6.45, 7) is 4.12. The van der Waals surface area contributed by atoms with Gasteiger partial charge in [-0.15, -0.1) is 11.6 Å². The lowest BCUT2D eigenvalue weighted by atomic mass is 9.98. The van der Waals surface area contributed by atoms with E-state index in [-0.39, 0.29) is 6.10 Å². The Kier molecular flexibility index (Phi) is 5.83. The van der Waals surface area contributed by atoms with Gasteiger partial charge >= 0.3 is 0 Å². The second-order valence-corrected chi connectivity index (χ2v) is 4.55. The van der Waals surface area contributed by atoms with Crippen molar-refractivity contribution in [2.24, 2.45) is 0 Å². The maximum atomic E-state index is 9.52. The molecule has 2 unspecified atom stereocenters. The van der Waals surface area contributed by atoms with Gasteiger partial charge in [0.05, 0.1) is 6.10 Å². The zero-order chi connectivity index (χ0) is 10.4. The molecule has 2 nitrogen and oxygen atoms in total. The Balaban J connectivity index is 2.37. The fourth-order valence-electron chi connectivity index (χ4n) is 2.28. The Morgan fingerprint density at radius 1 is 1.50 bits per heavy atom. The average Bonchev–Trinajstić information content (AvgIpc) is 2.21. The predicted octanol–water partition coefficient (Wildman–Crippen LogP) is 2.24. The number of alkyl halides is 1. The van der Waals surface area contributed by atoms with Crippen LogP contribution in [-0.2, 0) is 0 Å². The number of rotatable bonds is 5. The molecule has 0 aromatic carbocycles. The van der Waals surface area contributed by atoms with E-state index < -0.39 is 0 Å². The SMILES string of the molecule is CCCC1CCCCN1CC(O)CCl. The average molecular weight is 220 g/mol. The fourth-order valence-corrected chi connectivity index (χ4v) is 2.38. The van der Waals surface area contributed by atoms with E-state index in [9.17, 15) is 5.11 Å². The summed E-state index contributed by atoms with van der Waals surface area (Å²) in [6, 6.07) is 0.687. The van der Waals surface area contributed by atoms with E-state index in [0.29, 0.717) is 11.9 Å². The van der Waals surface area contributed by atoms with Crippen molar-refractivity contribution < 1.29 is 5.11 Å². The van der Waals surface area contributed by atoms with E-state index in [1.54, 1.807) is 0 Å². The molecular weight excluding hydrogens is 198 g/mol. The second-order valence-electron chi connectivity index (χ2n) is 4.24. The zero-order valence-electron chi connectivity index (χ0n) is 9.08. The van der Waals surface area contributed by atoms with Crippen molar-refractivity contribution >= 4 is 11.6 Å². The second kappa shape index (κ2) is 6.65. The van der Waals surface area contributed by atoms with Gasteiger partial charge in [0.1, 0.15) is 0 Å². The quantitative estimate of drug-likeness (QED) is 0.717. The van der Waals surface area contributed by atoms with Gasteiger partial charge in [-0.05, 0) is 25.8 Å². The van der Waals surface area contributed by atoms with Crippen molar-refractivity contribution in [3.05, 3.63) is 0 Å². The summed E-state index contributed by atoms with van der Waals surface area (Å²) in [4.78, 5) is 2.42. The van der Waals surface area contributed by atoms with Crippen molar-refractivity contribution in [1.82, 2.24) is 4.90 Å². The molecule has 1 saturated heterocycles. The first-order valence-corrected chi connectivity index (χ1v) is 6.29. The van der Waals surface area contributed by atoms with Crippen LogP contribution < -0.4 is 0 Å². The van der Waals surface area contributed by atoms with Gasteiger partial charge in [-0.1, -0.05) is 19.8 Å². The number of hydrogen-bond donors (Lipinski definition) is 1. The molecule has 2 atom stereocenters. The number of β-amino-alcohol motifs (C(OH)–C–C–N with tert-alkyl or cyclic N) is 1. The van der Waals surface area contributed by atoms with Gasteiger partial charge in [-0.25, -0.2) is 0 Å². The lowest BCUT2D eigenvalue weighted by Gasteiger charge is -2.36. The third-order valence-electron chi connectivity index (χ3n) is 2.99. The van der Waals surface area contributed by atoms with E-state index in [1.165, 1.54) is 32.1 Å². The van der Waals surface area contributed by atoms with E-state index in [2.05, 4.69) is 11.8 Å². The van der Waals surface area contributed by atoms with Crippen LogP contribution in [0.4, 0.5) is 0 Å². The highest BCUT2D eigenvalue weighted by Gasteiger charge is 2.22. The summed E-state index contributed by atoms with van der Waals surface area (Å²) < 4.78 is 0. The molecule has 84 valence electrons. The molecule has 0 bridgehead atoms. The predicted molar refractivity (Wildman–Crippen MR) is 60.8 cm³/mol. The number of aliphatic hydroxyl groups excluding tert-OH is 1. The highest BCUT2D eigenvalue weighted by atomic mass is 35.5. The van der Waals surface area contributed by atoms with Crippen molar-refractivity contribution in [3.63, 3.8) is 0 Å². The van der Waals surface area contributed by atoms with E-state index in [0.717, 1.165) is 13.1 Å². The normalized spacial score (nSPS) is 26.4. The van der Waals surface area contributed by atoms with Crippen molar-refractivity contribution in [1.29, 1.82) is 0 Å². The number of likely N-dealkylation sites (tertiary alicyclic amines) is 1.